The van der Waals surface area contributed by atoms with Crippen LogP contribution in [0, 0.1) is 6.92 Å². The van der Waals surface area contributed by atoms with E-state index in [0.717, 1.165) is 21.1 Å². The molecule has 0 fully saturated rings. The zero-order valence-corrected chi connectivity index (χ0v) is 15.7. The van der Waals surface area contributed by atoms with Gasteiger partial charge in [0.2, 0.25) is 5.91 Å². The largest absolute Gasteiger partial charge is 0.324 e. The third kappa shape index (κ3) is 3.35. The van der Waals surface area contributed by atoms with Gasteiger partial charge in [-0.05, 0) is 36.1 Å². The second kappa shape index (κ2) is 6.92. The Morgan fingerprint density at radius 3 is 2.62 bits per heavy atom. The number of nitrogens with zero attached hydrogens (tertiary/aromatic N) is 2. The molecular formula is C19H21N3O3S. The molecule has 0 aromatic heterocycles. The Morgan fingerprint density at radius 2 is 1.88 bits per heavy atom. The van der Waals surface area contributed by atoms with Crippen molar-refractivity contribution in [1.82, 2.24) is 4.31 Å². The Kier molecular flexibility index (Phi) is 4.82. The Bertz CT molecular complexity index is 981. The summed E-state index contributed by atoms with van der Waals surface area (Å²) in [5.41, 5.74) is 3.06. The van der Waals surface area contributed by atoms with E-state index in [4.69, 9.17) is 0 Å². The highest BCUT2D eigenvalue weighted by atomic mass is 32.2. The number of sulfonamides is 1. The molecule has 0 atom stereocenters. The van der Waals surface area contributed by atoms with Crippen molar-refractivity contribution in [1.29, 1.82) is 0 Å². The van der Waals surface area contributed by atoms with E-state index in [0.29, 0.717) is 5.69 Å². The molecule has 2 aromatic rings. The maximum absolute atomic E-state index is 12.7. The second-order valence-electron chi connectivity index (χ2n) is 6.50. The molecule has 6 nitrogen and oxygen atoms in total. The number of para-hydroxylation sites is 2. The van der Waals surface area contributed by atoms with Gasteiger partial charge >= 0.3 is 0 Å². The van der Waals surface area contributed by atoms with Gasteiger partial charge in [0, 0.05) is 5.69 Å². The first kappa shape index (κ1) is 18.1. The molecule has 1 aliphatic rings. The maximum atomic E-state index is 12.7. The van der Waals surface area contributed by atoms with Crippen LogP contribution in [0.2, 0.25) is 0 Å². The van der Waals surface area contributed by atoms with Gasteiger partial charge in [-0.15, -0.1) is 0 Å². The number of aliphatic imine (C=N–C) groups is 1. The summed E-state index contributed by atoms with van der Waals surface area (Å²) >= 11 is 0. The van der Waals surface area contributed by atoms with Crippen LogP contribution in [0.5, 0.6) is 0 Å². The average molecular weight is 371 g/mol. The van der Waals surface area contributed by atoms with E-state index in [1.54, 1.807) is 18.2 Å². The summed E-state index contributed by atoms with van der Waals surface area (Å²) in [6.45, 7) is 5.68. The molecule has 0 saturated heterocycles. The number of aryl methyl sites for hydroxylation is 1. The average Bonchev–Trinajstić information content (AvgIpc) is 2.59. The highest BCUT2D eigenvalue weighted by Crippen LogP contribution is 2.30. The summed E-state index contributed by atoms with van der Waals surface area (Å²) < 4.78 is 26.3. The van der Waals surface area contributed by atoms with Crippen molar-refractivity contribution >= 4 is 33.6 Å². The molecule has 0 bridgehead atoms. The van der Waals surface area contributed by atoms with Crippen molar-refractivity contribution in [2.75, 3.05) is 11.9 Å². The van der Waals surface area contributed by atoms with Crippen LogP contribution in [0.15, 0.2) is 52.4 Å². The molecule has 7 heteroatoms. The number of benzene rings is 2. The maximum Gasteiger partial charge on any atom is 0.267 e. The van der Waals surface area contributed by atoms with Crippen molar-refractivity contribution < 1.29 is 13.2 Å². The number of fused-ring (bicyclic) bond motifs is 1. The van der Waals surface area contributed by atoms with Crippen molar-refractivity contribution in [3.8, 4) is 0 Å². The molecule has 1 N–H and O–H groups in total. The van der Waals surface area contributed by atoms with Gasteiger partial charge in [-0.25, -0.2) is 17.7 Å². The smallest absolute Gasteiger partial charge is 0.267 e. The van der Waals surface area contributed by atoms with Crippen LogP contribution in [0.1, 0.15) is 30.9 Å². The number of amides is 1. The van der Waals surface area contributed by atoms with Crippen LogP contribution >= 0.6 is 0 Å². The van der Waals surface area contributed by atoms with Gasteiger partial charge in [0.1, 0.15) is 17.8 Å². The summed E-state index contributed by atoms with van der Waals surface area (Å²) in [4.78, 5) is 16.8. The Balaban J connectivity index is 1.83. The number of carbonyl (C=O) groups is 1. The highest BCUT2D eigenvalue weighted by molar-refractivity contribution is 7.89. The lowest BCUT2D eigenvalue weighted by molar-refractivity contribution is -0.115. The molecule has 1 heterocycles. The Labute approximate surface area is 153 Å². The molecule has 0 saturated carbocycles. The van der Waals surface area contributed by atoms with E-state index in [-0.39, 0.29) is 17.4 Å². The first-order chi connectivity index (χ1) is 12.3. The van der Waals surface area contributed by atoms with Crippen molar-refractivity contribution in [3.05, 3.63) is 53.6 Å². The summed E-state index contributed by atoms with van der Waals surface area (Å²) in [7, 11) is -3.78. The molecule has 0 aliphatic carbocycles. The molecule has 3 rings (SSSR count). The Hall–Kier alpha value is -2.67. The van der Waals surface area contributed by atoms with E-state index in [9.17, 15) is 13.2 Å². The number of rotatable bonds is 4. The molecule has 136 valence electrons. The normalized spacial score (nSPS) is 15.0. The number of hydrogen-bond donors (Lipinski definition) is 1. The zero-order chi connectivity index (χ0) is 18.9. The van der Waals surface area contributed by atoms with E-state index in [2.05, 4.69) is 10.3 Å². The van der Waals surface area contributed by atoms with Gasteiger partial charge in [-0.1, -0.05) is 44.2 Å². The van der Waals surface area contributed by atoms with Crippen molar-refractivity contribution in [2.45, 2.75) is 31.6 Å². The fraction of sp³-hybridized carbons (Fsp3) is 0.263. The molecule has 0 radical (unpaired) electrons. The van der Waals surface area contributed by atoms with E-state index >= 15 is 0 Å². The lowest BCUT2D eigenvalue weighted by Crippen LogP contribution is -2.38. The third-order valence-electron chi connectivity index (χ3n) is 4.27. The predicted molar refractivity (Wildman–Crippen MR) is 102 cm³/mol. The van der Waals surface area contributed by atoms with Crippen LogP contribution in [0.3, 0.4) is 0 Å². The van der Waals surface area contributed by atoms with Gasteiger partial charge in [0.15, 0.2) is 0 Å². The van der Waals surface area contributed by atoms with E-state index < -0.39 is 15.9 Å². The minimum Gasteiger partial charge on any atom is -0.324 e. The van der Waals surface area contributed by atoms with Gasteiger partial charge < -0.3 is 5.32 Å². The van der Waals surface area contributed by atoms with E-state index in [1.165, 1.54) is 12.4 Å². The molecule has 26 heavy (non-hydrogen) atoms. The second-order valence-corrected chi connectivity index (χ2v) is 8.36. The van der Waals surface area contributed by atoms with Crippen LogP contribution in [0.4, 0.5) is 11.4 Å². The predicted octanol–water partition coefficient (Wildman–Crippen LogP) is 3.42. The van der Waals surface area contributed by atoms with Crippen molar-refractivity contribution in [3.63, 3.8) is 0 Å². The van der Waals surface area contributed by atoms with Gasteiger partial charge in [0.25, 0.3) is 10.0 Å². The standard InChI is InChI=1S/C19H21N3O3S/c1-13(2)15-8-6-7-14(3)19(15)21-18(23)11-22-12-20-16-9-4-5-10-17(16)26(22,24)25/h4-10,12-13H,11H2,1-3H3,(H,21,23). The number of hydrogen-bond acceptors (Lipinski definition) is 4. The summed E-state index contributed by atoms with van der Waals surface area (Å²) in [5.74, 6) is -0.173. The topological polar surface area (TPSA) is 78.8 Å². The molecule has 1 amide bonds. The van der Waals surface area contributed by atoms with Crippen LogP contribution in [0.25, 0.3) is 0 Å². The zero-order valence-electron chi connectivity index (χ0n) is 14.9. The SMILES string of the molecule is Cc1cccc(C(C)C)c1NC(=O)CN1C=Nc2ccccc2S1(=O)=O. The van der Waals surface area contributed by atoms with Crippen molar-refractivity contribution in [2.24, 2.45) is 4.99 Å². The molecular weight excluding hydrogens is 350 g/mol. The molecule has 0 spiro atoms. The Morgan fingerprint density at radius 1 is 1.15 bits per heavy atom. The minimum atomic E-state index is -3.78. The van der Waals surface area contributed by atoms with Gasteiger partial charge in [0.05, 0.1) is 5.69 Å². The van der Waals surface area contributed by atoms with Gasteiger partial charge in [-0.3, -0.25) is 4.79 Å². The van der Waals surface area contributed by atoms with Crippen LogP contribution in [-0.4, -0.2) is 31.5 Å². The fourth-order valence-electron chi connectivity index (χ4n) is 2.89. The monoisotopic (exact) mass is 371 g/mol. The summed E-state index contributed by atoms with van der Waals surface area (Å²) in [5, 5.41) is 2.86. The minimum absolute atomic E-state index is 0.106. The molecule has 1 aliphatic heterocycles. The third-order valence-corrected chi connectivity index (χ3v) is 6.01. The number of anilines is 1. The molecule has 2 aromatic carbocycles. The van der Waals surface area contributed by atoms with E-state index in [1.807, 2.05) is 39.0 Å². The summed E-state index contributed by atoms with van der Waals surface area (Å²) in [6, 6.07) is 12.3. The molecule has 0 unspecified atom stereocenters. The number of carbonyl (C=O) groups excluding carboxylic acids is 1. The first-order valence-corrected chi connectivity index (χ1v) is 9.79. The lowest BCUT2D eigenvalue weighted by atomic mass is 9.98. The van der Waals surface area contributed by atoms with Gasteiger partial charge in [-0.2, -0.15) is 0 Å². The van der Waals surface area contributed by atoms with Crippen LogP contribution < -0.4 is 5.32 Å². The van der Waals surface area contributed by atoms with Crippen LogP contribution in [-0.2, 0) is 14.8 Å². The highest BCUT2D eigenvalue weighted by Gasteiger charge is 2.30. The number of nitrogens with one attached hydrogen (secondary N) is 1. The summed E-state index contributed by atoms with van der Waals surface area (Å²) in [6.07, 6.45) is 1.19. The first-order valence-electron chi connectivity index (χ1n) is 8.35. The fourth-order valence-corrected chi connectivity index (χ4v) is 4.23. The quantitative estimate of drug-likeness (QED) is 0.894. The lowest BCUT2D eigenvalue weighted by Gasteiger charge is -2.24.